The highest BCUT2D eigenvalue weighted by Crippen LogP contribution is 2.28. The average Bonchev–Trinajstić information content (AvgIpc) is 3.23. The van der Waals surface area contributed by atoms with E-state index >= 15 is 0 Å². The Bertz CT molecular complexity index is 1040. The number of morpholine rings is 1. The van der Waals surface area contributed by atoms with Crippen molar-refractivity contribution in [1.82, 2.24) is 15.1 Å². The van der Waals surface area contributed by atoms with Crippen molar-refractivity contribution in [2.24, 2.45) is 0 Å². The van der Waals surface area contributed by atoms with E-state index in [-0.39, 0.29) is 18.0 Å². The van der Waals surface area contributed by atoms with Crippen molar-refractivity contribution in [2.75, 3.05) is 19.7 Å². The number of halogens is 1. The summed E-state index contributed by atoms with van der Waals surface area (Å²) in [6.07, 6.45) is -0.579. The standard InChI is InChI=1S/C23H24FN3O4/c1-23(2,3)31-22(28)27-12-13-29-19(14-27)15-4-6-16(7-5-15)20-25-26-21(30-20)17-8-10-18(24)11-9-17/h4-11,19H,12-14H2,1-3H3/t19-/m1/s1. The highest BCUT2D eigenvalue weighted by molar-refractivity contribution is 5.68. The minimum Gasteiger partial charge on any atom is -0.444 e. The summed E-state index contributed by atoms with van der Waals surface area (Å²) in [7, 11) is 0. The van der Waals surface area contributed by atoms with E-state index in [1.54, 1.807) is 17.0 Å². The molecular formula is C23H24FN3O4. The Labute approximate surface area is 179 Å². The van der Waals surface area contributed by atoms with Gasteiger partial charge in [-0.1, -0.05) is 12.1 Å². The van der Waals surface area contributed by atoms with Crippen molar-refractivity contribution in [2.45, 2.75) is 32.5 Å². The number of aromatic nitrogens is 2. The van der Waals surface area contributed by atoms with E-state index in [1.165, 1.54) is 12.1 Å². The molecule has 31 heavy (non-hydrogen) atoms. The lowest BCUT2D eigenvalue weighted by molar-refractivity contribution is -0.0432. The number of hydrogen-bond acceptors (Lipinski definition) is 6. The van der Waals surface area contributed by atoms with Crippen LogP contribution in [0.25, 0.3) is 22.9 Å². The van der Waals surface area contributed by atoms with Crippen LogP contribution < -0.4 is 0 Å². The van der Waals surface area contributed by atoms with E-state index < -0.39 is 5.60 Å². The largest absolute Gasteiger partial charge is 0.444 e. The summed E-state index contributed by atoms with van der Waals surface area (Å²) in [6, 6.07) is 13.4. The number of hydrogen-bond donors (Lipinski definition) is 0. The Hall–Kier alpha value is -3.26. The molecule has 7 nitrogen and oxygen atoms in total. The SMILES string of the molecule is CC(C)(C)OC(=O)N1CCO[C@@H](c2ccc(-c3nnc(-c4ccc(F)cc4)o3)cc2)C1. The van der Waals surface area contributed by atoms with Crippen molar-refractivity contribution >= 4 is 6.09 Å². The van der Waals surface area contributed by atoms with Crippen LogP contribution in [-0.2, 0) is 9.47 Å². The summed E-state index contributed by atoms with van der Waals surface area (Å²) in [4.78, 5) is 14.0. The van der Waals surface area contributed by atoms with Gasteiger partial charge in [-0.2, -0.15) is 0 Å². The maximum atomic E-state index is 13.1. The quantitative estimate of drug-likeness (QED) is 0.597. The Morgan fingerprint density at radius 2 is 1.61 bits per heavy atom. The van der Waals surface area contributed by atoms with Crippen LogP contribution in [0.3, 0.4) is 0 Å². The lowest BCUT2D eigenvalue weighted by Gasteiger charge is -2.34. The van der Waals surface area contributed by atoms with Crippen LogP contribution in [0.4, 0.5) is 9.18 Å². The van der Waals surface area contributed by atoms with Crippen LogP contribution in [0.1, 0.15) is 32.4 Å². The van der Waals surface area contributed by atoms with Gasteiger partial charge in [0.25, 0.3) is 0 Å². The first-order chi connectivity index (χ1) is 14.8. The summed E-state index contributed by atoms with van der Waals surface area (Å²) in [5.41, 5.74) is 1.80. The number of nitrogens with zero attached hydrogens (tertiary/aromatic N) is 3. The highest BCUT2D eigenvalue weighted by atomic mass is 19.1. The first kappa shape index (κ1) is 21.0. The molecule has 0 spiro atoms. The Morgan fingerprint density at radius 3 is 2.19 bits per heavy atom. The zero-order valence-corrected chi connectivity index (χ0v) is 17.7. The summed E-state index contributed by atoms with van der Waals surface area (Å²) < 4.78 is 30.2. The molecule has 0 radical (unpaired) electrons. The zero-order valence-electron chi connectivity index (χ0n) is 17.7. The lowest BCUT2D eigenvalue weighted by Crippen LogP contribution is -2.44. The summed E-state index contributed by atoms with van der Waals surface area (Å²) >= 11 is 0. The third kappa shape index (κ3) is 5.08. The molecule has 2 heterocycles. The Morgan fingerprint density at radius 1 is 1.03 bits per heavy atom. The topological polar surface area (TPSA) is 77.7 Å². The molecule has 1 amide bonds. The normalized spacial score (nSPS) is 16.9. The van der Waals surface area contributed by atoms with Gasteiger partial charge in [0.15, 0.2) is 0 Å². The molecule has 1 aromatic heterocycles. The fourth-order valence-electron chi connectivity index (χ4n) is 3.23. The molecule has 4 rings (SSSR count). The predicted octanol–water partition coefficient (Wildman–Crippen LogP) is 4.85. The first-order valence-electron chi connectivity index (χ1n) is 10.1. The van der Waals surface area contributed by atoms with Crippen LogP contribution in [0.5, 0.6) is 0 Å². The molecule has 1 atom stereocenters. The molecule has 0 bridgehead atoms. The van der Waals surface area contributed by atoms with Crippen molar-refractivity contribution in [3.05, 3.63) is 59.9 Å². The van der Waals surface area contributed by atoms with Crippen LogP contribution in [0.2, 0.25) is 0 Å². The zero-order chi connectivity index (χ0) is 22.0. The Kier molecular flexibility index (Phi) is 5.73. The van der Waals surface area contributed by atoms with E-state index in [9.17, 15) is 9.18 Å². The van der Waals surface area contributed by atoms with E-state index in [1.807, 2.05) is 45.0 Å². The molecule has 1 saturated heterocycles. The number of amides is 1. The smallest absolute Gasteiger partial charge is 0.410 e. The van der Waals surface area contributed by atoms with Gasteiger partial charge in [0.1, 0.15) is 17.5 Å². The highest BCUT2D eigenvalue weighted by Gasteiger charge is 2.29. The third-order valence-electron chi connectivity index (χ3n) is 4.76. The summed E-state index contributed by atoms with van der Waals surface area (Å²) in [5.74, 6) is 0.364. The molecule has 0 saturated carbocycles. The average molecular weight is 425 g/mol. The fraction of sp³-hybridized carbons (Fsp3) is 0.348. The number of ether oxygens (including phenoxy) is 2. The summed E-state index contributed by atoms with van der Waals surface area (Å²) in [6.45, 7) is 6.90. The lowest BCUT2D eigenvalue weighted by atomic mass is 10.1. The van der Waals surface area contributed by atoms with Crippen molar-refractivity contribution in [3.63, 3.8) is 0 Å². The van der Waals surface area contributed by atoms with Crippen LogP contribution in [0.15, 0.2) is 52.9 Å². The minimum atomic E-state index is -0.538. The number of rotatable bonds is 3. The number of carbonyl (C=O) groups excluding carboxylic acids is 1. The third-order valence-corrected chi connectivity index (χ3v) is 4.76. The molecule has 162 valence electrons. The monoisotopic (exact) mass is 425 g/mol. The van der Waals surface area contributed by atoms with E-state index in [4.69, 9.17) is 13.9 Å². The van der Waals surface area contributed by atoms with Crippen LogP contribution in [-0.4, -0.2) is 46.5 Å². The maximum absolute atomic E-state index is 13.1. The van der Waals surface area contributed by atoms with Gasteiger partial charge in [0, 0.05) is 17.7 Å². The molecule has 3 aromatic rings. The molecule has 0 unspecified atom stereocenters. The van der Waals surface area contributed by atoms with Gasteiger partial charge in [-0.15, -0.1) is 10.2 Å². The Balaban J connectivity index is 1.45. The molecule has 0 aliphatic carbocycles. The van der Waals surface area contributed by atoms with Gasteiger partial charge in [0.05, 0.1) is 13.2 Å². The van der Waals surface area contributed by atoms with Gasteiger partial charge in [-0.3, -0.25) is 0 Å². The van der Waals surface area contributed by atoms with Crippen molar-refractivity contribution in [1.29, 1.82) is 0 Å². The van der Waals surface area contributed by atoms with Gasteiger partial charge >= 0.3 is 6.09 Å². The van der Waals surface area contributed by atoms with Gasteiger partial charge in [-0.05, 0) is 62.7 Å². The van der Waals surface area contributed by atoms with E-state index in [0.717, 1.165) is 11.1 Å². The molecule has 2 aromatic carbocycles. The predicted molar refractivity (Wildman–Crippen MR) is 112 cm³/mol. The van der Waals surface area contributed by atoms with Gasteiger partial charge in [0.2, 0.25) is 11.8 Å². The van der Waals surface area contributed by atoms with Gasteiger partial charge in [-0.25, -0.2) is 9.18 Å². The maximum Gasteiger partial charge on any atom is 0.410 e. The van der Waals surface area contributed by atoms with Crippen molar-refractivity contribution < 1.29 is 23.1 Å². The number of benzene rings is 2. The second-order valence-electron chi connectivity index (χ2n) is 8.33. The first-order valence-corrected chi connectivity index (χ1v) is 10.1. The fourth-order valence-corrected chi connectivity index (χ4v) is 3.23. The molecule has 1 aliphatic heterocycles. The molecule has 1 fully saturated rings. The van der Waals surface area contributed by atoms with Crippen LogP contribution >= 0.6 is 0 Å². The molecule has 8 heteroatoms. The van der Waals surface area contributed by atoms with E-state index in [2.05, 4.69) is 10.2 Å². The molecule has 0 N–H and O–H groups in total. The summed E-state index contributed by atoms with van der Waals surface area (Å²) in [5, 5.41) is 8.13. The second-order valence-corrected chi connectivity index (χ2v) is 8.33. The van der Waals surface area contributed by atoms with Crippen molar-refractivity contribution in [3.8, 4) is 22.9 Å². The molecular weight excluding hydrogens is 401 g/mol. The molecule has 1 aliphatic rings. The second kappa shape index (κ2) is 8.47. The van der Waals surface area contributed by atoms with Gasteiger partial charge < -0.3 is 18.8 Å². The van der Waals surface area contributed by atoms with E-state index in [0.29, 0.717) is 37.0 Å². The minimum absolute atomic E-state index is 0.243. The number of carbonyl (C=O) groups is 1. The van der Waals surface area contributed by atoms with Crippen LogP contribution in [0, 0.1) is 5.82 Å².